The van der Waals surface area contributed by atoms with Crippen molar-refractivity contribution in [2.24, 2.45) is 0 Å². The molecule has 0 fully saturated rings. The van der Waals surface area contributed by atoms with Crippen LogP contribution in [0.5, 0.6) is 5.75 Å². The summed E-state index contributed by atoms with van der Waals surface area (Å²) in [6.45, 7) is 0.300. The van der Waals surface area contributed by atoms with Gasteiger partial charge < -0.3 is 10.1 Å². The topological polar surface area (TPSA) is 55.4 Å². The second-order valence-corrected chi connectivity index (χ2v) is 6.51. The Morgan fingerprint density at radius 1 is 1.26 bits per heavy atom. The highest BCUT2D eigenvalue weighted by molar-refractivity contribution is 7.90. The Hall–Kier alpha value is -1.21. The lowest BCUT2D eigenvalue weighted by Crippen LogP contribution is -2.10. The summed E-state index contributed by atoms with van der Waals surface area (Å²) in [5, 5.41) is 2.79. The van der Waals surface area contributed by atoms with Gasteiger partial charge in [0.1, 0.15) is 9.84 Å². The van der Waals surface area contributed by atoms with Crippen LogP contribution in [0.2, 0.25) is 0 Å². The second-order valence-electron chi connectivity index (χ2n) is 4.25. The first kappa shape index (κ1) is 15.8. The van der Waals surface area contributed by atoms with E-state index in [1.807, 2.05) is 0 Å². The van der Waals surface area contributed by atoms with Gasteiger partial charge in [0, 0.05) is 12.8 Å². The quantitative estimate of drug-likeness (QED) is 0.774. The Morgan fingerprint density at radius 3 is 2.32 bits per heavy atom. The smallest absolute Gasteiger partial charge is 0.190 e. The van der Waals surface area contributed by atoms with Crippen LogP contribution in [-0.2, 0) is 16.4 Å². The standard InChI is InChI=1S/C12H17F2NO3S/c1-15-8-9-6-10(13)12(11(14)7-9)18-4-3-5-19(2,16)17/h6-7,15H,3-5,8H2,1-2H3. The lowest BCUT2D eigenvalue weighted by atomic mass is 10.2. The van der Waals surface area contributed by atoms with E-state index in [0.29, 0.717) is 12.1 Å². The summed E-state index contributed by atoms with van der Waals surface area (Å²) in [7, 11) is -1.42. The van der Waals surface area contributed by atoms with Gasteiger partial charge in [-0.3, -0.25) is 0 Å². The number of hydrogen-bond acceptors (Lipinski definition) is 4. The van der Waals surface area contributed by atoms with Crippen molar-refractivity contribution >= 4 is 9.84 Å². The third-order valence-corrected chi connectivity index (χ3v) is 3.38. The molecule has 0 saturated heterocycles. The van der Waals surface area contributed by atoms with Gasteiger partial charge in [-0.25, -0.2) is 17.2 Å². The summed E-state index contributed by atoms with van der Waals surface area (Å²) in [6.07, 6.45) is 1.29. The van der Waals surface area contributed by atoms with E-state index in [-0.39, 0.29) is 18.8 Å². The van der Waals surface area contributed by atoms with E-state index in [4.69, 9.17) is 4.74 Å². The predicted octanol–water partition coefficient (Wildman–Crippen LogP) is 1.50. The van der Waals surface area contributed by atoms with Crippen LogP contribution in [0.1, 0.15) is 12.0 Å². The highest BCUT2D eigenvalue weighted by Crippen LogP contribution is 2.23. The molecule has 0 spiro atoms. The zero-order chi connectivity index (χ0) is 14.5. The maximum Gasteiger partial charge on any atom is 0.190 e. The van der Waals surface area contributed by atoms with Gasteiger partial charge >= 0.3 is 0 Å². The minimum atomic E-state index is -3.09. The molecule has 0 bridgehead atoms. The molecule has 1 aromatic carbocycles. The van der Waals surface area contributed by atoms with Crippen molar-refractivity contribution in [3.63, 3.8) is 0 Å². The van der Waals surface area contributed by atoms with E-state index in [2.05, 4.69) is 5.32 Å². The van der Waals surface area contributed by atoms with Crippen LogP contribution in [0.4, 0.5) is 8.78 Å². The van der Waals surface area contributed by atoms with Crippen molar-refractivity contribution in [1.82, 2.24) is 5.32 Å². The summed E-state index contributed by atoms with van der Waals surface area (Å²) >= 11 is 0. The number of rotatable bonds is 7. The van der Waals surface area contributed by atoms with Gasteiger partial charge in [-0.1, -0.05) is 0 Å². The first-order valence-corrected chi connectivity index (χ1v) is 7.82. The highest BCUT2D eigenvalue weighted by Gasteiger charge is 2.12. The molecule has 0 heterocycles. The van der Waals surface area contributed by atoms with Crippen LogP contribution in [0.15, 0.2) is 12.1 Å². The second kappa shape index (κ2) is 6.81. The van der Waals surface area contributed by atoms with Crippen LogP contribution < -0.4 is 10.1 Å². The first-order valence-electron chi connectivity index (χ1n) is 5.76. The van der Waals surface area contributed by atoms with Gasteiger partial charge in [-0.05, 0) is 31.2 Å². The van der Waals surface area contributed by atoms with E-state index in [1.165, 1.54) is 12.1 Å². The Bertz CT molecular complexity index is 509. The number of ether oxygens (including phenoxy) is 1. The first-order chi connectivity index (χ1) is 8.83. The third-order valence-electron chi connectivity index (χ3n) is 2.34. The fourth-order valence-electron chi connectivity index (χ4n) is 1.55. The molecule has 0 aliphatic heterocycles. The number of nitrogens with one attached hydrogen (secondary N) is 1. The van der Waals surface area contributed by atoms with Crippen LogP contribution in [0.25, 0.3) is 0 Å². The maximum atomic E-state index is 13.6. The fourth-order valence-corrected chi connectivity index (χ4v) is 2.19. The summed E-state index contributed by atoms with van der Waals surface area (Å²) < 4.78 is 53.9. The van der Waals surface area contributed by atoms with Crippen LogP contribution in [0.3, 0.4) is 0 Å². The summed E-state index contributed by atoms with van der Waals surface area (Å²) in [4.78, 5) is 0. The van der Waals surface area contributed by atoms with Gasteiger partial charge in [-0.2, -0.15) is 0 Å². The molecule has 7 heteroatoms. The zero-order valence-electron chi connectivity index (χ0n) is 10.9. The van der Waals surface area contributed by atoms with Crippen molar-refractivity contribution in [3.05, 3.63) is 29.3 Å². The van der Waals surface area contributed by atoms with E-state index in [1.54, 1.807) is 7.05 Å². The molecular weight excluding hydrogens is 276 g/mol. The number of benzene rings is 1. The number of sulfone groups is 1. The Balaban J connectivity index is 2.64. The van der Waals surface area contributed by atoms with Gasteiger partial charge in [0.2, 0.25) is 0 Å². The molecule has 19 heavy (non-hydrogen) atoms. The molecule has 108 valence electrons. The summed E-state index contributed by atoms with van der Waals surface area (Å²) in [6, 6.07) is 2.37. The molecule has 0 unspecified atom stereocenters. The Morgan fingerprint density at radius 2 is 1.84 bits per heavy atom. The van der Waals surface area contributed by atoms with Crippen LogP contribution >= 0.6 is 0 Å². The summed E-state index contributed by atoms with van der Waals surface area (Å²) in [5.41, 5.74) is 0.473. The molecule has 0 radical (unpaired) electrons. The average Bonchev–Trinajstić information content (AvgIpc) is 2.26. The molecule has 0 aliphatic rings. The van der Waals surface area contributed by atoms with E-state index < -0.39 is 27.2 Å². The SMILES string of the molecule is CNCc1cc(F)c(OCCCS(C)(=O)=O)c(F)c1. The van der Waals surface area contributed by atoms with Gasteiger partial charge in [-0.15, -0.1) is 0 Å². The van der Waals surface area contributed by atoms with E-state index in [0.717, 1.165) is 6.26 Å². The molecule has 1 N–H and O–H groups in total. The molecule has 0 saturated carbocycles. The molecule has 1 rings (SSSR count). The van der Waals surface area contributed by atoms with E-state index >= 15 is 0 Å². The summed E-state index contributed by atoms with van der Waals surface area (Å²) in [5.74, 6) is -2.11. The highest BCUT2D eigenvalue weighted by atomic mass is 32.2. The molecular formula is C12H17F2NO3S. The van der Waals surface area contributed by atoms with Crippen molar-refractivity contribution in [3.8, 4) is 5.75 Å². The van der Waals surface area contributed by atoms with Crippen molar-refractivity contribution < 1.29 is 21.9 Å². The van der Waals surface area contributed by atoms with Gasteiger partial charge in [0.15, 0.2) is 17.4 Å². The van der Waals surface area contributed by atoms with Crippen molar-refractivity contribution in [1.29, 1.82) is 0 Å². The maximum absolute atomic E-state index is 13.6. The fraction of sp³-hybridized carbons (Fsp3) is 0.500. The van der Waals surface area contributed by atoms with Crippen LogP contribution in [0, 0.1) is 11.6 Å². The Labute approximate surface area is 111 Å². The zero-order valence-corrected chi connectivity index (χ0v) is 11.7. The molecule has 4 nitrogen and oxygen atoms in total. The molecule has 0 atom stereocenters. The number of halogens is 2. The minimum absolute atomic E-state index is 0.0493. The largest absolute Gasteiger partial charge is 0.488 e. The lowest BCUT2D eigenvalue weighted by molar-refractivity contribution is 0.285. The minimum Gasteiger partial charge on any atom is -0.488 e. The van der Waals surface area contributed by atoms with Crippen molar-refractivity contribution in [2.45, 2.75) is 13.0 Å². The van der Waals surface area contributed by atoms with Gasteiger partial charge in [0.25, 0.3) is 0 Å². The normalized spacial score (nSPS) is 11.6. The van der Waals surface area contributed by atoms with E-state index in [9.17, 15) is 17.2 Å². The van der Waals surface area contributed by atoms with Crippen LogP contribution in [-0.4, -0.2) is 34.1 Å². The monoisotopic (exact) mass is 293 g/mol. The van der Waals surface area contributed by atoms with Crippen molar-refractivity contribution in [2.75, 3.05) is 25.7 Å². The van der Waals surface area contributed by atoms with Gasteiger partial charge in [0.05, 0.1) is 12.4 Å². The predicted molar refractivity (Wildman–Crippen MR) is 68.9 cm³/mol. The third kappa shape index (κ3) is 5.52. The molecule has 1 aromatic rings. The Kier molecular flexibility index (Phi) is 5.68. The average molecular weight is 293 g/mol. The molecule has 0 aromatic heterocycles. The number of hydrogen-bond donors (Lipinski definition) is 1. The lowest BCUT2D eigenvalue weighted by Gasteiger charge is -2.10. The molecule has 0 amide bonds. The molecule has 0 aliphatic carbocycles.